The van der Waals surface area contributed by atoms with E-state index in [0.29, 0.717) is 17.5 Å². The topological polar surface area (TPSA) is 26.3 Å². The van der Waals surface area contributed by atoms with E-state index in [0.717, 1.165) is 12.8 Å². The zero-order valence-corrected chi connectivity index (χ0v) is 13.1. The Morgan fingerprint density at radius 1 is 1.37 bits per heavy atom. The second-order valence-corrected chi connectivity index (χ2v) is 6.87. The largest absolute Gasteiger partial charge is 0.461 e. The molecule has 0 atom stereocenters. The number of halogens is 3. The van der Waals surface area contributed by atoms with E-state index in [2.05, 4.69) is 13.8 Å². The Kier molecular flexibility index (Phi) is 4.34. The summed E-state index contributed by atoms with van der Waals surface area (Å²) in [4.78, 5) is 12.0. The summed E-state index contributed by atoms with van der Waals surface area (Å²) in [5.74, 6) is 0.225. The molecule has 1 aromatic rings. The third kappa shape index (κ3) is 3.36. The van der Waals surface area contributed by atoms with Crippen molar-refractivity contribution < 1.29 is 9.53 Å². The zero-order chi connectivity index (χ0) is 14.2. The Morgan fingerprint density at radius 2 is 2.00 bits per heavy atom. The highest BCUT2D eigenvalue weighted by Crippen LogP contribution is 2.45. The number of carbonyl (C=O) groups excluding carboxylic acids is 1. The van der Waals surface area contributed by atoms with Crippen LogP contribution in [0.2, 0.25) is 15.1 Å². The first-order valence-corrected chi connectivity index (χ1v) is 7.26. The summed E-state index contributed by atoms with van der Waals surface area (Å²) >= 11 is 17.7. The van der Waals surface area contributed by atoms with Gasteiger partial charge in [-0.2, -0.15) is 0 Å². The monoisotopic (exact) mass is 320 g/mol. The van der Waals surface area contributed by atoms with E-state index >= 15 is 0 Å². The smallest absolute Gasteiger partial charge is 0.339 e. The lowest BCUT2D eigenvalue weighted by Gasteiger charge is -2.43. The van der Waals surface area contributed by atoms with Crippen molar-refractivity contribution >= 4 is 40.8 Å². The molecule has 5 heteroatoms. The summed E-state index contributed by atoms with van der Waals surface area (Å²) in [6, 6.07) is 2.97. The van der Waals surface area contributed by atoms with Gasteiger partial charge >= 0.3 is 5.97 Å². The number of esters is 1. The van der Waals surface area contributed by atoms with Gasteiger partial charge in [-0.1, -0.05) is 48.7 Å². The lowest BCUT2D eigenvalue weighted by molar-refractivity contribution is -0.0102. The molecule has 2 rings (SSSR count). The molecule has 1 fully saturated rings. The maximum atomic E-state index is 12.0. The van der Waals surface area contributed by atoms with Gasteiger partial charge in [-0.3, -0.25) is 0 Å². The molecule has 0 N–H and O–H groups in total. The lowest BCUT2D eigenvalue weighted by Crippen LogP contribution is -2.37. The predicted octanol–water partition coefficient (Wildman–Crippen LogP) is 5.24. The summed E-state index contributed by atoms with van der Waals surface area (Å²) in [6.07, 6.45) is 2.15. The van der Waals surface area contributed by atoms with Crippen LogP contribution in [0.4, 0.5) is 0 Å². The Balaban J connectivity index is 2.04. The first-order valence-electron chi connectivity index (χ1n) is 6.12. The van der Waals surface area contributed by atoms with E-state index in [1.54, 1.807) is 0 Å². The van der Waals surface area contributed by atoms with Crippen LogP contribution in [0.5, 0.6) is 0 Å². The van der Waals surface area contributed by atoms with Crippen LogP contribution < -0.4 is 0 Å². The fourth-order valence-electron chi connectivity index (χ4n) is 2.76. The fourth-order valence-corrected chi connectivity index (χ4v) is 3.44. The molecule has 104 valence electrons. The van der Waals surface area contributed by atoms with Crippen molar-refractivity contribution in [2.75, 3.05) is 6.61 Å². The van der Waals surface area contributed by atoms with Crippen LogP contribution in [-0.2, 0) is 4.74 Å². The van der Waals surface area contributed by atoms with Gasteiger partial charge in [0.15, 0.2) is 0 Å². The first-order chi connectivity index (χ1) is 8.81. The quantitative estimate of drug-likeness (QED) is 0.562. The second kappa shape index (κ2) is 5.51. The summed E-state index contributed by atoms with van der Waals surface area (Å²) in [6.45, 7) is 4.71. The highest BCUT2D eigenvalue weighted by Gasteiger charge is 2.38. The summed E-state index contributed by atoms with van der Waals surface area (Å²) < 4.78 is 5.33. The second-order valence-electron chi connectivity index (χ2n) is 5.65. The molecule has 1 aromatic carbocycles. The van der Waals surface area contributed by atoms with Crippen LogP contribution in [0.1, 0.15) is 37.0 Å². The molecule has 0 radical (unpaired) electrons. The van der Waals surface area contributed by atoms with E-state index in [-0.39, 0.29) is 21.0 Å². The molecule has 19 heavy (non-hydrogen) atoms. The maximum Gasteiger partial charge on any atom is 0.339 e. The molecule has 1 aliphatic rings. The Bertz CT molecular complexity index is 508. The molecule has 1 saturated carbocycles. The molecule has 0 saturated heterocycles. The molecule has 2 nitrogen and oxygen atoms in total. The predicted molar refractivity (Wildman–Crippen MR) is 78.3 cm³/mol. The van der Waals surface area contributed by atoms with E-state index in [1.807, 2.05) is 0 Å². The van der Waals surface area contributed by atoms with Crippen molar-refractivity contribution in [1.29, 1.82) is 0 Å². The van der Waals surface area contributed by atoms with E-state index in [4.69, 9.17) is 39.5 Å². The van der Waals surface area contributed by atoms with Gasteiger partial charge in [0.1, 0.15) is 0 Å². The normalized spacial score (nSPS) is 25.8. The van der Waals surface area contributed by atoms with E-state index in [9.17, 15) is 4.79 Å². The van der Waals surface area contributed by atoms with Gasteiger partial charge in [-0.05, 0) is 30.9 Å². The van der Waals surface area contributed by atoms with Gasteiger partial charge in [0.2, 0.25) is 0 Å². The maximum absolute atomic E-state index is 12.0. The SMILES string of the molecule is CC1CC(C)(COC(=O)c2cc(Cl)cc(Cl)c2Cl)C1. The van der Waals surface area contributed by atoms with Gasteiger partial charge in [-0.15, -0.1) is 0 Å². The molecule has 1 aliphatic carbocycles. The van der Waals surface area contributed by atoms with Gasteiger partial charge in [0.25, 0.3) is 0 Å². The Labute approximate surface area is 128 Å². The summed E-state index contributed by atoms with van der Waals surface area (Å²) in [5.41, 5.74) is 0.305. The van der Waals surface area contributed by atoms with E-state index in [1.165, 1.54) is 12.1 Å². The zero-order valence-electron chi connectivity index (χ0n) is 10.8. The Morgan fingerprint density at radius 3 is 2.58 bits per heavy atom. The average molecular weight is 322 g/mol. The summed E-state index contributed by atoms with van der Waals surface area (Å²) in [7, 11) is 0. The van der Waals surface area contributed by atoms with Gasteiger partial charge in [0.05, 0.1) is 22.2 Å². The molecular formula is C14H15Cl3O2. The molecule has 0 bridgehead atoms. The third-order valence-electron chi connectivity index (χ3n) is 3.45. The molecule has 0 aliphatic heterocycles. The average Bonchev–Trinajstić information content (AvgIpc) is 2.29. The molecule has 0 heterocycles. The number of carbonyl (C=O) groups is 1. The number of benzene rings is 1. The molecule has 0 amide bonds. The van der Waals surface area contributed by atoms with E-state index < -0.39 is 5.97 Å². The molecule has 0 unspecified atom stereocenters. The van der Waals surface area contributed by atoms with Crippen molar-refractivity contribution in [1.82, 2.24) is 0 Å². The van der Waals surface area contributed by atoms with Gasteiger partial charge < -0.3 is 4.74 Å². The number of ether oxygens (including phenoxy) is 1. The highest BCUT2D eigenvalue weighted by atomic mass is 35.5. The van der Waals surface area contributed by atoms with Crippen molar-refractivity contribution in [2.45, 2.75) is 26.7 Å². The van der Waals surface area contributed by atoms with Crippen LogP contribution in [0, 0.1) is 11.3 Å². The van der Waals surface area contributed by atoms with Crippen LogP contribution >= 0.6 is 34.8 Å². The lowest BCUT2D eigenvalue weighted by atomic mass is 9.64. The molecule has 0 aromatic heterocycles. The third-order valence-corrected chi connectivity index (χ3v) is 4.47. The van der Waals surface area contributed by atoms with Crippen molar-refractivity contribution in [3.05, 3.63) is 32.8 Å². The van der Waals surface area contributed by atoms with Crippen molar-refractivity contribution in [2.24, 2.45) is 11.3 Å². The van der Waals surface area contributed by atoms with Crippen LogP contribution in [-0.4, -0.2) is 12.6 Å². The molecular weight excluding hydrogens is 307 g/mol. The van der Waals surface area contributed by atoms with Gasteiger partial charge in [-0.25, -0.2) is 4.79 Å². The van der Waals surface area contributed by atoms with Crippen molar-refractivity contribution in [3.63, 3.8) is 0 Å². The summed E-state index contributed by atoms with van der Waals surface area (Å²) in [5, 5.41) is 0.803. The van der Waals surface area contributed by atoms with Crippen LogP contribution in [0.25, 0.3) is 0 Å². The minimum Gasteiger partial charge on any atom is -0.461 e. The van der Waals surface area contributed by atoms with Crippen molar-refractivity contribution in [3.8, 4) is 0 Å². The molecule has 0 spiro atoms. The van der Waals surface area contributed by atoms with Crippen LogP contribution in [0.15, 0.2) is 12.1 Å². The van der Waals surface area contributed by atoms with Gasteiger partial charge in [0, 0.05) is 10.4 Å². The minimum atomic E-state index is -0.477. The highest BCUT2D eigenvalue weighted by molar-refractivity contribution is 6.45. The number of hydrogen-bond acceptors (Lipinski definition) is 2. The Hall–Kier alpha value is -0.440. The number of rotatable bonds is 3. The van der Waals surface area contributed by atoms with Crippen LogP contribution in [0.3, 0.4) is 0 Å². The number of hydrogen-bond donors (Lipinski definition) is 0. The standard InChI is InChI=1S/C14H15Cl3O2/c1-8-5-14(2,6-8)7-19-13(18)10-3-9(15)4-11(16)12(10)17/h3-4,8H,5-7H2,1-2H3. The minimum absolute atomic E-state index is 0.0872. The first kappa shape index (κ1) is 15.0. The fraction of sp³-hybridized carbons (Fsp3) is 0.500.